The lowest BCUT2D eigenvalue weighted by Gasteiger charge is -2.24. The summed E-state index contributed by atoms with van der Waals surface area (Å²) in [6.45, 7) is 10.1. The fourth-order valence-electron chi connectivity index (χ4n) is 4.13. The van der Waals surface area contributed by atoms with Crippen LogP contribution in [-0.4, -0.2) is 124 Å². The van der Waals surface area contributed by atoms with Crippen molar-refractivity contribution in [3.63, 3.8) is 0 Å². The van der Waals surface area contributed by atoms with Crippen LogP contribution in [-0.2, 0) is 52.6 Å². The van der Waals surface area contributed by atoms with Gasteiger partial charge in [0, 0.05) is 38.3 Å². The van der Waals surface area contributed by atoms with Crippen LogP contribution in [0.15, 0.2) is 0 Å². The molecule has 1 fully saturated rings. The summed E-state index contributed by atoms with van der Waals surface area (Å²) in [6, 6.07) is -3.23. The number of nitrogens with one attached hydrogen (secondary N) is 5. The van der Waals surface area contributed by atoms with E-state index >= 15 is 0 Å². The van der Waals surface area contributed by atoms with E-state index in [4.69, 9.17) is 14.2 Å². The van der Waals surface area contributed by atoms with Crippen molar-refractivity contribution in [1.29, 1.82) is 0 Å². The first-order valence-corrected chi connectivity index (χ1v) is 15.9. The number of rotatable bonds is 22. The van der Waals surface area contributed by atoms with Crippen molar-refractivity contribution in [3.8, 4) is 0 Å². The highest BCUT2D eigenvalue weighted by molar-refractivity contribution is 6.04. The first kappa shape index (κ1) is 42.1. The van der Waals surface area contributed by atoms with Gasteiger partial charge in [0.1, 0.15) is 38.0 Å². The number of likely N-dealkylation sites (tertiary alicyclic amines) is 1. The zero-order valence-electron chi connectivity index (χ0n) is 29.0. The minimum Gasteiger partial charge on any atom is -0.382 e. The van der Waals surface area contributed by atoms with E-state index in [2.05, 4.69) is 26.6 Å². The van der Waals surface area contributed by atoms with E-state index in [1.54, 1.807) is 34.6 Å². The minimum absolute atomic E-state index is 0.00155. The van der Waals surface area contributed by atoms with Crippen LogP contribution >= 0.6 is 0 Å². The van der Waals surface area contributed by atoms with Crippen molar-refractivity contribution >= 4 is 47.1 Å². The van der Waals surface area contributed by atoms with Crippen LogP contribution in [0.5, 0.6) is 0 Å². The number of amides is 7. The second-order valence-corrected chi connectivity index (χ2v) is 12.7. The molecule has 1 aliphatic heterocycles. The summed E-state index contributed by atoms with van der Waals surface area (Å²) < 4.78 is 15.4. The van der Waals surface area contributed by atoms with E-state index in [0.29, 0.717) is 13.2 Å². The molecule has 1 aliphatic rings. The quantitative estimate of drug-likeness (QED) is 0.0503. The van der Waals surface area contributed by atoms with Gasteiger partial charge in [0.2, 0.25) is 41.4 Å². The molecule has 48 heavy (non-hydrogen) atoms. The molecular weight excluding hydrogens is 632 g/mol. The van der Waals surface area contributed by atoms with E-state index in [9.17, 15) is 38.4 Å². The fourth-order valence-corrected chi connectivity index (χ4v) is 4.13. The normalized spacial score (nSPS) is 15.0. The smallest absolute Gasteiger partial charge is 0.244 e. The van der Waals surface area contributed by atoms with E-state index in [1.165, 1.54) is 14.0 Å². The molecule has 3 atom stereocenters. The molecule has 0 bridgehead atoms. The molecule has 1 saturated heterocycles. The second kappa shape index (κ2) is 21.1. The Morgan fingerprint density at radius 1 is 0.792 bits per heavy atom. The second-order valence-electron chi connectivity index (χ2n) is 12.7. The van der Waals surface area contributed by atoms with Gasteiger partial charge in [-0.3, -0.25) is 43.3 Å². The van der Waals surface area contributed by atoms with Gasteiger partial charge in [-0.1, -0.05) is 34.6 Å². The average Bonchev–Trinajstić information content (AvgIpc) is 3.32. The van der Waals surface area contributed by atoms with Crippen molar-refractivity contribution in [1.82, 2.24) is 31.5 Å². The van der Waals surface area contributed by atoms with Gasteiger partial charge >= 0.3 is 0 Å². The summed E-state index contributed by atoms with van der Waals surface area (Å²) in [5, 5.41) is 12.7. The van der Waals surface area contributed by atoms with E-state index in [-0.39, 0.29) is 63.9 Å². The Balaban J connectivity index is 2.74. The third-order valence-corrected chi connectivity index (χ3v) is 7.18. The van der Waals surface area contributed by atoms with E-state index < -0.39 is 71.4 Å². The van der Waals surface area contributed by atoms with Gasteiger partial charge in [-0.25, -0.2) is 0 Å². The molecule has 5 N–H and O–H groups in total. The third kappa shape index (κ3) is 15.8. The number of methoxy groups -OCH3 is 1. The van der Waals surface area contributed by atoms with Crippen molar-refractivity contribution in [2.75, 3.05) is 53.4 Å². The van der Waals surface area contributed by atoms with Gasteiger partial charge in [0.25, 0.3) is 0 Å². The Labute approximate surface area is 281 Å². The molecule has 0 unspecified atom stereocenters. The van der Waals surface area contributed by atoms with Crippen LogP contribution < -0.4 is 26.6 Å². The molecule has 1 heterocycles. The molecule has 0 aromatic carbocycles. The summed E-state index contributed by atoms with van der Waals surface area (Å²) in [7, 11) is 1.52. The zero-order chi connectivity index (χ0) is 36.4. The lowest BCUT2D eigenvalue weighted by Crippen LogP contribution is -2.55. The maximum Gasteiger partial charge on any atom is 0.244 e. The number of Topliss-reactive ketones (excluding diaryl/α,β-unsaturated/α-hetero) is 1. The van der Waals surface area contributed by atoms with Gasteiger partial charge < -0.3 is 40.8 Å². The molecular formula is C31H52N6O11. The predicted octanol–water partition coefficient (Wildman–Crippen LogP) is -1.47. The fraction of sp³-hybridized carbons (Fsp3) is 0.742. The summed E-state index contributed by atoms with van der Waals surface area (Å²) in [4.78, 5) is 101. The third-order valence-electron chi connectivity index (χ3n) is 7.18. The van der Waals surface area contributed by atoms with Crippen LogP contribution in [0.3, 0.4) is 0 Å². The molecule has 17 nitrogen and oxygen atoms in total. The highest BCUT2D eigenvalue weighted by Gasteiger charge is 2.32. The van der Waals surface area contributed by atoms with Crippen molar-refractivity contribution in [2.45, 2.75) is 85.4 Å². The van der Waals surface area contributed by atoms with E-state index in [1.807, 2.05) is 0 Å². The number of imide groups is 1. The number of carbonyl (C=O) groups excluding carboxylic acids is 8. The molecule has 17 heteroatoms. The number of hydrogen-bond acceptors (Lipinski definition) is 11. The number of ether oxygens (including phenoxy) is 3. The van der Waals surface area contributed by atoms with E-state index in [0.717, 1.165) is 4.90 Å². The SMILES string of the molecule is COCCOCCNC(=O)[C@H](CCC(=O)N[C@H](C(=O)N[C@@H](C)C(=O)NCOCC(=O)C(C)(C)C)C(C)C)NC(=O)CN1C(=O)CCC1=O. The zero-order valence-corrected chi connectivity index (χ0v) is 29.0. The number of ketones is 1. The van der Waals surface area contributed by atoms with Crippen LogP contribution in [0.4, 0.5) is 0 Å². The van der Waals surface area contributed by atoms with Crippen molar-refractivity contribution in [2.24, 2.45) is 11.3 Å². The topological polar surface area (TPSA) is 228 Å². The Morgan fingerprint density at radius 3 is 2.02 bits per heavy atom. The van der Waals surface area contributed by atoms with Crippen LogP contribution in [0.2, 0.25) is 0 Å². The molecule has 0 saturated carbocycles. The Hall–Kier alpha value is -3.96. The maximum absolute atomic E-state index is 13.0. The summed E-state index contributed by atoms with van der Waals surface area (Å²) >= 11 is 0. The standard InChI is InChI=1S/C31H52N6O11/c1-19(2)27(30(45)34-20(3)28(43)33-18-48-17-22(38)31(4,5)6)36-23(39)9-8-21(29(44)32-12-13-47-15-14-46-7)35-24(40)16-37-25(41)10-11-26(37)42/h19-21,27H,8-18H2,1-7H3,(H,32,44)(H,33,43)(H,34,45)(H,35,40)(H,36,39)/t20-,21-,27-/m0/s1. The monoisotopic (exact) mass is 684 g/mol. The van der Waals surface area contributed by atoms with Gasteiger partial charge in [0.05, 0.1) is 19.8 Å². The predicted molar refractivity (Wildman–Crippen MR) is 171 cm³/mol. The van der Waals surface area contributed by atoms with Gasteiger partial charge in [-0.05, 0) is 19.3 Å². The van der Waals surface area contributed by atoms with Gasteiger partial charge in [0.15, 0.2) is 5.78 Å². The lowest BCUT2D eigenvalue weighted by molar-refractivity contribution is -0.142. The lowest BCUT2D eigenvalue weighted by atomic mass is 9.91. The van der Waals surface area contributed by atoms with Crippen LogP contribution in [0.1, 0.15) is 67.2 Å². The van der Waals surface area contributed by atoms with Crippen molar-refractivity contribution < 1.29 is 52.6 Å². The largest absolute Gasteiger partial charge is 0.382 e. The van der Waals surface area contributed by atoms with Gasteiger partial charge in [-0.2, -0.15) is 0 Å². The summed E-state index contributed by atoms with van der Waals surface area (Å²) in [5.74, 6) is -4.66. The first-order valence-electron chi connectivity index (χ1n) is 15.9. The maximum atomic E-state index is 13.0. The summed E-state index contributed by atoms with van der Waals surface area (Å²) in [5.41, 5.74) is -0.584. The summed E-state index contributed by atoms with van der Waals surface area (Å²) in [6.07, 6.45) is -0.441. The molecule has 0 radical (unpaired) electrons. The highest BCUT2D eigenvalue weighted by Crippen LogP contribution is 2.14. The molecule has 0 aromatic rings. The first-order chi connectivity index (χ1) is 22.5. The Kier molecular flexibility index (Phi) is 18.5. The van der Waals surface area contributed by atoms with Crippen LogP contribution in [0, 0.1) is 11.3 Å². The molecule has 7 amide bonds. The molecule has 272 valence electrons. The molecule has 0 spiro atoms. The Morgan fingerprint density at radius 2 is 1.44 bits per heavy atom. The Bertz CT molecular complexity index is 1140. The number of carbonyl (C=O) groups is 8. The molecule has 1 rings (SSSR count). The van der Waals surface area contributed by atoms with Crippen LogP contribution in [0.25, 0.3) is 0 Å². The highest BCUT2D eigenvalue weighted by atomic mass is 16.5. The average molecular weight is 685 g/mol. The van der Waals surface area contributed by atoms with Gasteiger partial charge in [-0.15, -0.1) is 0 Å². The molecule has 0 aromatic heterocycles. The molecule has 0 aliphatic carbocycles. The van der Waals surface area contributed by atoms with Crippen molar-refractivity contribution in [3.05, 3.63) is 0 Å². The minimum atomic E-state index is -1.20. The number of nitrogens with zero attached hydrogens (tertiary/aromatic N) is 1. The number of hydrogen-bond donors (Lipinski definition) is 5.